The van der Waals surface area contributed by atoms with Gasteiger partial charge in [0.25, 0.3) is 0 Å². The van der Waals surface area contributed by atoms with Crippen molar-refractivity contribution < 1.29 is 33.4 Å². The fourth-order valence-electron chi connectivity index (χ4n) is 1.83. The first-order valence-corrected chi connectivity index (χ1v) is 7.45. The number of esters is 2. The van der Waals surface area contributed by atoms with Gasteiger partial charge < -0.3 is 9.47 Å². The zero-order valence-corrected chi connectivity index (χ0v) is 14.2. The van der Waals surface area contributed by atoms with Crippen LogP contribution >= 0.6 is 0 Å². The molecule has 9 nitrogen and oxygen atoms in total. The summed E-state index contributed by atoms with van der Waals surface area (Å²) in [6.45, 7) is 8.95. The van der Waals surface area contributed by atoms with E-state index in [1.54, 1.807) is 0 Å². The van der Waals surface area contributed by atoms with Crippen LogP contribution < -0.4 is 0 Å². The van der Waals surface area contributed by atoms with Crippen molar-refractivity contribution in [3.05, 3.63) is 24.3 Å². The third kappa shape index (κ3) is 5.55. The van der Waals surface area contributed by atoms with E-state index >= 15 is 0 Å². The highest BCUT2D eigenvalue weighted by atomic mass is 16.5. The second kappa shape index (κ2) is 8.76. The van der Waals surface area contributed by atoms with Gasteiger partial charge in [0.15, 0.2) is 0 Å². The monoisotopic (exact) mass is 352 g/mol. The molecule has 1 rings (SSSR count). The SMILES string of the molecule is C=C(C)C(=O)OCCN1C(=O)CC(=O)N(CCOC(=O)C(=C)C)C1=O. The molecule has 0 saturated carbocycles. The van der Waals surface area contributed by atoms with Crippen LogP contribution in [0.1, 0.15) is 20.3 Å². The molecule has 0 N–H and O–H groups in total. The molecule has 0 aliphatic carbocycles. The Morgan fingerprint density at radius 3 is 1.56 bits per heavy atom. The number of carbonyl (C=O) groups is 5. The van der Waals surface area contributed by atoms with Gasteiger partial charge in [0, 0.05) is 11.1 Å². The molecule has 0 atom stereocenters. The third-order valence-corrected chi connectivity index (χ3v) is 3.16. The molecule has 1 fully saturated rings. The van der Waals surface area contributed by atoms with Gasteiger partial charge in [-0.05, 0) is 13.8 Å². The van der Waals surface area contributed by atoms with Crippen LogP contribution in [0.5, 0.6) is 0 Å². The largest absolute Gasteiger partial charge is 0.460 e. The highest BCUT2D eigenvalue weighted by Gasteiger charge is 2.37. The fourth-order valence-corrected chi connectivity index (χ4v) is 1.83. The molecule has 1 heterocycles. The van der Waals surface area contributed by atoms with Gasteiger partial charge in [-0.25, -0.2) is 14.4 Å². The Kier molecular flexibility index (Phi) is 7.04. The lowest BCUT2D eigenvalue weighted by molar-refractivity contribution is -0.147. The predicted octanol–water partition coefficient (Wildman–Crippen LogP) is 0.406. The van der Waals surface area contributed by atoms with Crippen LogP contribution in [0.3, 0.4) is 0 Å². The summed E-state index contributed by atoms with van der Waals surface area (Å²) in [5, 5.41) is 0. The first kappa shape index (κ1) is 20.1. The topological polar surface area (TPSA) is 110 Å². The van der Waals surface area contributed by atoms with Crippen molar-refractivity contribution >= 4 is 29.8 Å². The average molecular weight is 352 g/mol. The first-order chi connectivity index (χ1) is 11.6. The smallest absolute Gasteiger partial charge is 0.333 e. The Morgan fingerprint density at radius 1 is 0.880 bits per heavy atom. The van der Waals surface area contributed by atoms with E-state index < -0.39 is 36.2 Å². The quantitative estimate of drug-likeness (QED) is 0.353. The zero-order chi connectivity index (χ0) is 19.1. The van der Waals surface area contributed by atoms with Gasteiger partial charge in [-0.3, -0.25) is 19.4 Å². The standard InChI is InChI=1S/C16H20N2O7/c1-10(2)14(21)24-7-5-17-12(19)9-13(20)18(16(17)23)6-8-25-15(22)11(3)4/h1,3,5-9H2,2,4H3. The predicted molar refractivity (Wildman–Crippen MR) is 85.0 cm³/mol. The lowest BCUT2D eigenvalue weighted by atomic mass is 10.2. The van der Waals surface area contributed by atoms with Crippen molar-refractivity contribution in [1.82, 2.24) is 9.80 Å². The summed E-state index contributed by atoms with van der Waals surface area (Å²) in [4.78, 5) is 60.2. The fraction of sp³-hybridized carbons (Fsp3) is 0.438. The normalized spacial score (nSPS) is 14.4. The van der Waals surface area contributed by atoms with Crippen molar-refractivity contribution in [2.45, 2.75) is 20.3 Å². The maximum atomic E-state index is 12.3. The molecule has 0 aromatic rings. The number of hydrogen-bond donors (Lipinski definition) is 0. The molecule has 9 heteroatoms. The summed E-state index contributed by atoms with van der Waals surface area (Å²) in [5.41, 5.74) is 0.375. The van der Waals surface area contributed by atoms with Gasteiger partial charge in [-0.15, -0.1) is 0 Å². The molecule has 0 unspecified atom stereocenters. The van der Waals surface area contributed by atoms with E-state index in [2.05, 4.69) is 13.2 Å². The molecule has 0 spiro atoms. The summed E-state index contributed by atoms with van der Waals surface area (Å²) in [6.07, 6.45) is -0.491. The molecular weight excluding hydrogens is 332 g/mol. The van der Waals surface area contributed by atoms with Crippen LogP contribution in [-0.4, -0.2) is 65.9 Å². The molecule has 1 aliphatic rings. The molecule has 0 aromatic heterocycles. The zero-order valence-electron chi connectivity index (χ0n) is 14.2. The van der Waals surface area contributed by atoms with Crippen LogP contribution in [0.2, 0.25) is 0 Å². The number of imide groups is 2. The molecule has 0 aromatic carbocycles. The third-order valence-electron chi connectivity index (χ3n) is 3.16. The van der Waals surface area contributed by atoms with Crippen LogP contribution in [0.25, 0.3) is 0 Å². The van der Waals surface area contributed by atoms with Gasteiger partial charge in [0.05, 0.1) is 13.1 Å². The first-order valence-electron chi connectivity index (χ1n) is 7.45. The number of amides is 4. The Labute approximate surface area is 144 Å². The molecule has 0 radical (unpaired) electrons. The summed E-state index contributed by atoms with van der Waals surface area (Å²) < 4.78 is 9.67. The number of rotatable bonds is 8. The van der Waals surface area contributed by atoms with Crippen LogP contribution in [0.15, 0.2) is 24.3 Å². The Balaban J connectivity index is 2.61. The Hall–Kier alpha value is -2.97. The maximum absolute atomic E-state index is 12.3. The summed E-state index contributed by atoms with van der Waals surface area (Å²) in [5.74, 6) is -2.65. The summed E-state index contributed by atoms with van der Waals surface area (Å²) in [7, 11) is 0. The molecule has 1 saturated heterocycles. The van der Waals surface area contributed by atoms with Gasteiger partial charge >= 0.3 is 18.0 Å². The minimum Gasteiger partial charge on any atom is -0.460 e. The minimum atomic E-state index is -0.848. The number of urea groups is 1. The van der Waals surface area contributed by atoms with Crippen molar-refractivity contribution in [3.63, 3.8) is 0 Å². The molecule has 25 heavy (non-hydrogen) atoms. The van der Waals surface area contributed by atoms with E-state index in [0.717, 1.165) is 9.80 Å². The number of nitrogens with zero attached hydrogens (tertiary/aromatic N) is 2. The lowest BCUT2D eigenvalue weighted by Crippen LogP contribution is -2.56. The van der Waals surface area contributed by atoms with Gasteiger partial charge in [-0.2, -0.15) is 0 Å². The van der Waals surface area contributed by atoms with Crippen LogP contribution in [0, 0.1) is 0 Å². The number of ether oxygens (including phenoxy) is 2. The summed E-state index contributed by atoms with van der Waals surface area (Å²) >= 11 is 0. The van der Waals surface area contributed by atoms with E-state index in [-0.39, 0.29) is 37.4 Å². The maximum Gasteiger partial charge on any atom is 0.333 e. The van der Waals surface area contributed by atoms with E-state index in [1.807, 2.05) is 0 Å². The van der Waals surface area contributed by atoms with E-state index in [4.69, 9.17) is 9.47 Å². The van der Waals surface area contributed by atoms with Crippen molar-refractivity contribution in [2.75, 3.05) is 26.3 Å². The van der Waals surface area contributed by atoms with Crippen molar-refractivity contribution in [1.29, 1.82) is 0 Å². The van der Waals surface area contributed by atoms with E-state index in [0.29, 0.717) is 0 Å². The number of hydrogen-bond acceptors (Lipinski definition) is 7. The van der Waals surface area contributed by atoms with Gasteiger partial charge in [-0.1, -0.05) is 13.2 Å². The van der Waals surface area contributed by atoms with E-state index in [9.17, 15) is 24.0 Å². The van der Waals surface area contributed by atoms with Crippen molar-refractivity contribution in [3.8, 4) is 0 Å². The second-order valence-corrected chi connectivity index (χ2v) is 5.38. The molecule has 1 aliphatic heterocycles. The summed E-state index contributed by atoms with van der Waals surface area (Å²) in [6, 6.07) is -0.848. The van der Waals surface area contributed by atoms with Crippen LogP contribution in [0.4, 0.5) is 4.79 Å². The average Bonchev–Trinajstić information content (AvgIpc) is 2.52. The molecule has 4 amide bonds. The second-order valence-electron chi connectivity index (χ2n) is 5.38. The van der Waals surface area contributed by atoms with E-state index in [1.165, 1.54) is 13.8 Å². The number of carbonyl (C=O) groups excluding carboxylic acids is 5. The molecule has 136 valence electrons. The van der Waals surface area contributed by atoms with Crippen molar-refractivity contribution in [2.24, 2.45) is 0 Å². The number of barbiturate groups is 1. The van der Waals surface area contributed by atoms with Gasteiger partial charge in [0.2, 0.25) is 11.8 Å². The highest BCUT2D eigenvalue weighted by molar-refractivity contribution is 6.14. The van der Waals surface area contributed by atoms with Gasteiger partial charge in [0.1, 0.15) is 19.6 Å². The van der Waals surface area contributed by atoms with Crippen LogP contribution in [-0.2, 0) is 28.7 Å². The lowest BCUT2D eigenvalue weighted by Gasteiger charge is -2.32. The molecular formula is C16H20N2O7. The minimum absolute atomic E-state index is 0.187. The highest BCUT2D eigenvalue weighted by Crippen LogP contribution is 2.12. The molecule has 0 bridgehead atoms. The Morgan fingerprint density at radius 2 is 1.24 bits per heavy atom. The Bertz CT molecular complexity index is 586.